The Kier molecular flexibility index (Phi) is 7.20. The van der Waals surface area contributed by atoms with E-state index in [-0.39, 0.29) is 29.3 Å². The van der Waals surface area contributed by atoms with Gasteiger partial charge < -0.3 is 19.5 Å². The molecular weight excluding hydrogens is 528 g/mol. The molecule has 0 unspecified atom stereocenters. The average Bonchev–Trinajstić information content (AvgIpc) is 3.76. The maximum absolute atomic E-state index is 13.8. The molecule has 1 N–H and O–H groups in total. The first-order chi connectivity index (χ1) is 20.5. The number of Topliss-reactive ketones (excluding diaryl/α,β-unsaturated/α-hetero) is 1. The van der Waals surface area contributed by atoms with Crippen LogP contribution in [0.25, 0.3) is 0 Å². The summed E-state index contributed by atoms with van der Waals surface area (Å²) >= 11 is 0. The predicted octanol–water partition coefficient (Wildman–Crippen LogP) is 5.51. The number of ether oxygens (including phenoxy) is 2. The zero-order chi connectivity index (χ0) is 29.0. The number of amides is 1. The number of carbonyl (C=O) groups is 2. The SMILES string of the molecule is CCN(C(=O)CCCCC(=O)c1ccccc1)[C@@H]1CC[C@H]2[C@H]3Cc4c(O)cc(OC)c5c4[C@@]2(CCN3CC2CC2)[C@H]1O5. The van der Waals surface area contributed by atoms with E-state index in [1.54, 1.807) is 13.2 Å². The summed E-state index contributed by atoms with van der Waals surface area (Å²) in [6.45, 7) is 4.91. The number of unbranched alkanes of at least 4 members (excludes halogenated alkanes) is 1. The third kappa shape index (κ3) is 4.42. The number of piperidine rings is 1. The topological polar surface area (TPSA) is 79.3 Å². The summed E-state index contributed by atoms with van der Waals surface area (Å²) in [4.78, 5) is 31.1. The highest BCUT2D eigenvalue weighted by Crippen LogP contribution is 2.65. The number of nitrogens with zero attached hydrogens (tertiary/aromatic N) is 2. The number of ketones is 1. The van der Waals surface area contributed by atoms with Crippen molar-refractivity contribution in [2.45, 2.75) is 94.7 Å². The summed E-state index contributed by atoms with van der Waals surface area (Å²) in [5, 5.41) is 11.2. The van der Waals surface area contributed by atoms with E-state index in [0.717, 1.165) is 61.6 Å². The van der Waals surface area contributed by atoms with Crippen molar-refractivity contribution in [1.29, 1.82) is 0 Å². The molecule has 2 aromatic rings. The summed E-state index contributed by atoms with van der Waals surface area (Å²) in [7, 11) is 1.64. The minimum absolute atomic E-state index is 0.0227. The third-order valence-corrected chi connectivity index (χ3v) is 11.1. The lowest BCUT2D eigenvalue weighted by Gasteiger charge is -2.60. The molecule has 0 radical (unpaired) electrons. The number of likely N-dealkylation sites (tertiary alicyclic amines) is 1. The Bertz CT molecular complexity index is 1360. The van der Waals surface area contributed by atoms with Crippen molar-refractivity contribution in [3.63, 3.8) is 0 Å². The Hall–Kier alpha value is -3.06. The molecule has 2 saturated carbocycles. The summed E-state index contributed by atoms with van der Waals surface area (Å²) in [6.07, 6.45) is 8.67. The number of methoxy groups -OCH3 is 1. The first-order valence-electron chi connectivity index (χ1n) is 16.2. The highest BCUT2D eigenvalue weighted by molar-refractivity contribution is 5.96. The number of benzene rings is 2. The van der Waals surface area contributed by atoms with E-state index in [0.29, 0.717) is 55.7 Å². The normalized spacial score (nSPS) is 29.0. The lowest BCUT2D eigenvalue weighted by Crippen LogP contribution is -2.69. The smallest absolute Gasteiger partial charge is 0.222 e. The van der Waals surface area contributed by atoms with Crippen LogP contribution in [0.2, 0.25) is 0 Å². The fraction of sp³-hybridized carbons (Fsp3) is 0.600. The molecule has 1 saturated heterocycles. The van der Waals surface area contributed by atoms with Crippen LogP contribution in [-0.2, 0) is 16.6 Å². The van der Waals surface area contributed by atoms with Gasteiger partial charge in [0, 0.05) is 60.1 Å². The molecule has 0 aromatic heterocycles. The van der Waals surface area contributed by atoms with Crippen LogP contribution in [0.3, 0.4) is 0 Å². The number of aromatic hydroxyl groups is 1. The van der Waals surface area contributed by atoms with E-state index in [1.807, 2.05) is 30.3 Å². The quantitative estimate of drug-likeness (QED) is 0.283. The van der Waals surface area contributed by atoms with Crippen molar-refractivity contribution in [2.75, 3.05) is 26.7 Å². The maximum atomic E-state index is 13.8. The van der Waals surface area contributed by atoms with Crippen LogP contribution >= 0.6 is 0 Å². The van der Waals surface area contributed by atoms with Crippen molar-refractivity contribution < 1.29 is 24.2 Å². The van der Waals surface area contributed by atoms with Crippen LogP contribution in [-0.4, -0.2) is 71.5 Å². The van der Waals surface area contributed by atoms with Gasteiger partial charge in [-0.25, -0.2) is 0 Å². The second-order valence-electron chi connectivity index (χ2n) is 13.2. The van der Waals surface area contributed by atoms with Crippen LogP contribution < -0.4 is 9.47 Å². The number of likely N-dealkylation sites (N-methyl/N-ethyl adjacent to an activating group) is 1. The summed E-state index contributed by atoms with van der Waals surface area (Å²) in [5.41, 5.74) is 2.73. The van der Waals surface area contributed by atoms with Gasteiger partial charge in [0.2, 0.25) is 5.91 Å². The first-order valence-corrected chi connectivity index (χ1v) is 16.2. The van der Waals surface area contributed by atoms with E-state index < -0.39 is 0 Å². The minimum atomic E-state index is -0.210. The molecule has 7 rings (SSSR count). The van der Waals surface area contributed by atoms with Gasteiger partial charge in [-0.2, -0.15) is 0 Å². The van der Waals surface area contributed by atoms with Crippen LogP contribution in [0.15, 0.2) is 36.4 Å². The van der Waals surface area contributed by atoms with Crippen LogP contribution in [0.5, 0.6) is 17.2 Å². The monoisotopic (exact) mass is 572 g/mol. The molecule has 2 heterocycles. The van der Waals surface area contributed by atoms with Gasteiger partial charge >= 0.3 is 0 Å². The summed E-state index contributed by atoms with van der Waals surface area (Å²) in [5.74, 6) is 3.28. The highest BCUT2D eigenvalue weighted by atomic mass is 16.5. The Balaban J connectivity index is 1.12. The van der Waals surface area contributed by atoms with Crippen LogP contribution in [0.4, 0.5) is 0 Å². The van der Waals surface area contributed by atoms with Crippen molar-refractivity contribution >= 4 is 11.7 Å². The largest absolute Gasteiger partial charge is 0.508 e. The number of phenols is 1. The molecule has 1 spiro atoms. The highest BCUT2D eigenvalue weighted by Gasteiger charge is 2.67. The zero-order valence-electron chi connectivity index (χ0n) is 25.0. The average molecular weight is 573 g/mol. The molecule has 42 heavy (non-hydrogen) atoms. The van der Waals surface area contributed by atoms with Gasteiger partial charge in [-0.15, -0.1) is 0 Å². The fourth-order valence-corrected chi connectivity index (χ4v) is 9.05. The van der Waals surface area contributed by atoms with Gasteiger partial charge in [0.15, 0.2) is 17.3 Å². The van der Waals surface area contributed by atoms with E-state index >= 15 is 0 Å². The Morgan fingerprint density at radius 2 is 1.90 bits per heavy atom. The summed E-state index contributed by atoms with van der Waals surface area (Å²) < 4.78 is 12.7. The number of carbonyl (C=O) groups excluding carboxylic acids is 2. The maximum Gasteiger partial charge on any atom is 0.222 e. The zero-order valence-corrected chi connectivity index (χ0v) is 25.0. The summed E-state index contributed by atoms with van der Waals surface area (Å²) in [6, 6.07) is 11.5. The van der Waals surface area contributed by atoms with Crippen molar-refractivity contribution in [1.82, 2.24) is 9.80 Å². The molecule has 2 bridgehead atoms. The lowest BCUT2D eigenvalue weighted by atomic mass is 9.50. The van der Waals surface area contributed by atoms with E-state index in [2.05, 4.69) is 16.7 Å². The van der Waals surface area contributed by atoms with E-state index in [1.165, 1.54) is 18.4 Å². The number of hydrogen-bond acceptors (Lipinski definition) is 6. The molecule has 1 amide bonds. The van der Waals surface area contributed by atoms with E-state index in [9.17, 15) is 14.7 Å². The van der Waals surface area contributed by atoms with Crippen molar-refractivity contribution in [3.05, 3.63) is 53.1 Å². The second kappa shape index (κ2) is 10.9. The standard InChI is InChI=1S/C35H44N2O5/c1-3-37(31(40)12-8-7-11-28(38)23-9-5-4-6-10-23)26-16-15-25-27-19-24-29(39)20-30(41-2)33-32(24)35(25,34(26)42-33)17-18-36(27)21-22-13-14-22/h4-6,9-10,20,22,25-27,34,39H,3,7-8,11-19,21H2,1-2H3/t25-,26+,27+,34-,35-/m0/s1. The molecule has 3 fully saturated rings. The second-order valence-corrected chi connectivity index (χ2v) is 13.2. The van der Waals surface area contributed by atoms with Gasteiger partial charge in [-0.3, -0.25) is 14.5 Å². The molecule has 2 aromatic carbocycles. The molecule has 7 heteroatoms. The van der Waals surface area contributed by atoms with Gasteiger partial charge in [0.1, 0.15) is 11.9 Å². The van der Waals surface area contributed by atoms with Gasteiger partial charge in [-0.05, 0) is 76.7 Å². The molecule has 224 valence electrons. The molecular formula is C35H44N2O5. The molecule has 5 atom stereocenters. The van der Waals surface area contributed by atoms with Crippen molar-refractivity contribution in [3.8, 4) is 17.2 Å². The fourth-order valence-electron chi connectivity index (χ4n) is 9.05. The number of phenolic OH excluding ortho intramolecular Hbond substituents is 1. The molecule has 2 aliphatic heterocycles. The first kappa shape index (κ1) is 27.8. The van der Waals surface area contributed by atoms with Crippen molar-refractivity contribution in [2.24, 2.45) is 11.8 Å². The van der Waals surface area contributed by atoms with E-state index in [4.69, 9.17) is 9.47 Å². The Morgan fingerprint density at radius 3 is 2.64 bits per heavy atom. The number of rotatable bonds is 11. The predicted molar refractivity (Wildman–Crippen MR) is 160 cm³/mol. The lowest BCUT2D eigenvalue weighted by molar-refractivity contribution is -0.142. The minimum Gasteiger partial charge on any atom is -0.508 e. The van der Waals surface area contributed by atoms with Gasteiger partial charge in [-0.1, -0.05) is 30.3 Å². The number of hydrogen-bond donors (Lipinski definition) is 1. The van der Waals surface area contributed by atoms with Crippen LogP contribution in [0, 0.1) is 11.8 Å². The molecule has 5 aliphatic rings. The Labute approximate surface area is 249 Å². The van der Waals surface area contributed by atoms with Gasteiger partial charge in [0.05, 0.1) is 13.2 Å². The molecule has 7 nitrogen and oxygen atoms in total. The van der Waals surface area contributed by atoms with Crippen LogP contribution in [0.1, 0.15) is 86.2 Å². The molecule has 3 aliphatic carbocycles. The Morgan fingerprint density at radius 1 is 1.12 bits per heavy atom. The third-order valence-electron chi connectivity index (χ3n) is 11.1. The van der Waals surface area contributed by atoms with Gasteiger partial charge in [0.25, 0.3) is 0 Å².